The van der Waals surface area contributed by atoms with Crippen molar-refractivity contribution in [2.75, 3.05) is 7.05 Å². The number of furan rings is 1. The molecule has 0 saturated carbocycles. The highest BCUT2D eigenvalue weighted by Gasteiger charge is 2.17. The maximum Gasteiger partial charge on any atom is 0.244 e. The third-order valence-electron chi connectivity index (χ3n) is 1.83. The first-order chi connectivity index (χ1) is 6.15. The summed E-state index contributed by atoms with van der Waals surface area (Å²) >= 11 is 0. The molecule has 0 fully saturated rings. The van der Waals surface area contributed by atoms with E-state index in [1.54, 1.807) is 14.0 Å². The van der Waals surface area contributed by atoms with Crippen molar-refractivity contribution in [2.24, 2.45) is 0 Å². The van der Waals surface area contributed by atoms with E-state index >= 15 is 0 Å². The summed E-state index contributed by atoms with van der Waals surface area (Å²) in [5, 5.41) is 0. The van der Waals surface area contributed by atoms with E-state index in [9.17, 15) is 4.79 Å². The first kappa shape index (κ1) is 9.80. The van der Waals surface area contributed by atoms with Crippen LogP contribution < -0.4 is 10.9 Å². The van der Waals surface area contributed by atoms with Crippen LogP contribution in [0.15, 0.2) is 16.5 Å². The van der Waals surface area contributed by atoms with Crippen LogP contribution in [-0.4, -0.2) is 13.0 Å². The Hall–Kier alpha value is -1.29. The molecule has 2 N–H and O–H groups in total. The normalized spacial score (nSPS) is 12.5. The van der Waals surface area contributed by atoms with Gasteiger partial charge in [-0.15, -0.1) is 0 Å². The molecule has 0 bridgehead atoms. The third-order valence-corrected chi connectivity index (χ3v) is 1.83. The summed E-state index contributed by atoms with van der Waals surface area (Å²) in [4.78, 5) is 11.3. The Morgan fingerprint density at radius 2 is 2.23 bits per heavy atom. The number of amides is 1. The zero-order chi connectivity index (χ0) is 9.84. The lowest BCUT2D eigenvalue weighted by Gasteiger charge is -2.07. The third kappa shape index (κ3) is 2.32. The van der Waals surface area contributed by atoms with Gasteiger partial charge >= 0.3 is 0 Å². The van der Waals surface area contributed by atoms with Crippen molar-refractivity contribution in [3.63, 3.8) is 0 Å². The summed E-state index contributed by atoms with van der Waals surface area (Å²) in [6.07, 6.45) is 0. The highest BCUT2D eigenvalue weighted by Crippen LogP contribution is 2.17. The van der Waals surface area contributed by atoms with Gasteiger partial charge in [0.1, 0.15) is 11.5 Å². The molecule has 13 heavy (non-hydrogen) atoms. The van der Waals surface area contributed by atoms with Crippen molar-refractivity contribution in [3.05, 3.63) is 23.7 Å². The number of carbonyl (C=O) groups is 1. The minimum absolute atomic E-state index is 0.100. The Morgan fingerprint density at radius 3 is 2.69 bits per heavy atom. The summed E-state index contributed by atoms with van der Waals surface area (Å²) in [6, 6.07) is 3.66. The Balaban J connectivity index is 2.67. The molecule has 0 spiro atoms. The van der Waals surface area contributed by atoms with Crippen molar-refractivity contribution in [3.8, 4) is 0 Å². The van der Waals surface area contributed by atoms with Crippen molar-refractivity contribution in [2.45, 2.75) is 19.8 Å². The zero-order valence-corrected chi connectivity index (χ0v) is 8.05. The summed E-state index contributed by atoms with van der Waals surface area (Å²) in [6.45, 7) is 3.65. The lowest BCUT2D eigenvalue weighted by atomic mass is 10.1. The fourth-order valence-corrected chi connectivity index (χ4v) is 1.05. The van der Waals surface area contributed by atoms with Gasteiger partial charge < -0.3 is 4.42 Å². The SMILES string of the molecule is CNNC(=O)C(C)c1ccc(C)o1. The lowest BCUT2D eigenvalue weighted by Crippen LogP contribution is -2.36. The van der Waals surface area contributed by atoms with Crippen LogP contribution in [0.3, 0.4) is 0 Å². The molecule has 1 heterocycles. The van der Waals surface area contributed by atoms with Crippen LogP contribution in [0.4, 0.5) is 0 Å². The quantitative estimate of drug-likeness (QED) is 0.684. The molecule has 0 aliphatic carbocycles. The molecule has 1 rings (SSSR count). The molecule has 1 aromatic heterocycles. The van der Waals surface area contributed by atoms with Gasteiger partial charge in [-0.05, 0) is 26.0 Å². The molecular formula is C9H14N2O2. The average Bonchev–Trinajstić information content (AvgIpc) is 2.51. The number of hydrazine groups is 1. The van der Waals surface area contributed by atoms with Gasteiger partial charge in [-0.25, -0.2) is 5.43 Å². The molecule has 0 aliphatic rings. The molecule has 4 nitrogen and oxygen atoms in total. The Morgan fingerprint density at radius 1 is 1.54 bits per heavy atom. The van der Waals surface area contributed by atoms with Crippen LogP contribution in [0.5, 0.6) is 0 Å². The maximum absolute atomic E-state index is 11.3. The molecule has 1 atom stereocenters. The van der Waals surface area contributed by atoms with Crippen molar-refractivity contribution >= 4 is 5.91 Å². The van der Waals surface area contributed by atoms with Crippen LogP contribution in [-0.2, 0) is 4.79 Å². The topological polar surface area (TPSA) is 54.3 Å². The number of rotatable bonds is 3. The Kier molecular flexibility index (Phi) is 3.08. The Labute approximate surface area is 77.3 Å². The summed E-state index contributed by atoms with van der Waals surface area (Å²) in [5.74, 6) is 1.14. The fourth-order valence-electron chi connectivity index (χ4n) is 1.05. The second-order valence-corrected chi connectivity index (χ2v) is 2.91. The first-order valence-corrected chi connectivity index (χ1v) is 4.18. The molecule has 0 saturated heterocycles. The van der Waals surface area contributed by atoms with Crippen molar-refractivity contribution in [1.29, 1.82) is 0 Å². The van der Waals surface area contributed by atoms with Gasteiger partial charge in [0.05, 0.1) is 5.92 Å². The van der Waals surface area contributed by atoms with E-state index in [0.717, 1.165) is 5.76 Å². The van der Waals surface area contributed by atoms with Gasteiger partial charge in [0, 0.05) is 7.05 Å². The molecule has 0 aromatic carbocycles. The van der Waals surface area contributed by atoms with Gasteiger partial charge in [0.2, 0.25) is 5.91 Å². The van der Waals surface area contributed by atoms with E-state index in [2.05, 4.69) is 10.9 Å². The summed E-state index contributed by atoms with van der Waals surface area (Å²) in [7, 11) is 1.65. The number of hydrogen-bond donors (Lipinski definition) is 2. The molecule has 1 amide bonds. The summed E-state index contributed by atoms with van der Waals surface area (Å²) < 4.78 is 5.32. The zero-order valence-electron chi connectivity index (χ0n) is 8.05. The highest BCUT2D eigenvalue weighted by molar-refractivity contribution is 5.82. The molecule has 4 heteroatoms. The van der Waals surface area contributed by atoms with Crippen LogP contribution in [0, 0.1) is 6.92 Å². The second kappa shape index (κ2) is 4.09. The fraction of sp³-hybridized carbons (Fsp3) is 0.444. The van der Waals surface area contributed by atoms with E-state index < -0.39 is 0 Å². The number of hydrogen-bond acceptors (Lipinski definition) is 3. The summed E-state index contributed by atoms with van der Waals surface area (Å²) in [5.41, 5.74) is 5.09. The average molecular weight is 182 g/mol. The molecule has 1 aromatic rings. The van der Waals surface area contributed by atoms with Crippen LogP contribution in [0.1, 0.15) is 24.4 Å². The number of aryl methyl sites for hydroxylation is 1. The van der Waals surface area contributed by atoms with Crippen molar-refractivity contribution in [1.82, 2.24) is 10.9 Å². The van der Waals surface area contributed by atoms with Crippen LogP contribution >= 0.6 is 0 Å². The molecule has 72 valence electrons. The van der Waals surface area contributed by atoms with Crippen molar-refractivity contribution < 1.29 is 9.21 Å². The van der Waals surface area contributed by atoms with Gasteiger partial charge in [-0.3, -0.25) is 10.2 Å². The lowest BCUT2D eigenvalue weighted by molar-refractivity contribution is -0.123. The second-order valence-electron chi connectivity index (χ2n) is 2.91. The van der Waals surface area contributed by atoms with E-state index in [1.165, 1.54) is 0 Å². The number of nitrogens with one attached hydrogen (secondary N) is 2. The molecular weight excluding hydrogens is 168 g/mol. The van der Waals surface area contributed by atoms with E-state index in [4.69, 9.17) is 4.42 Å². The predicted octanol–water partition coefficient (Wildman–Crippen LogP) is 0.942. The standard InChI is InChI=1S/C9H14N2O2/c1-6-4-5-8(13-6)7(2)9(12)11-10-3/h4-5,7,10H,1-3H3,(H,11,12). The Bertz CT molecular complexity index is 294. The predicted molar refractivity (Wildman–Crippen MR) is 49.1 cm³/mol. The first-order valence-electron chi connectivity index (χ1n) is 4.18. The maximum atomic E-state index is 11.3. The van der Waals surface area contributed by atoms with E-state index in [1.807, 2.05) is 19.1 Å². The van der Waals surface area contributed by atoms with Gasteiger partial charge in [-0.1, -0.05) is 0 Å². The number of carbonyl (C=O) groups excluding carboxylic acids is 1. The van der Waals surface area contributed by atoms with Gasteiger partial charge in [-0.2, -0.15) is 0 Å². The monoisotopic (exact) mass is 182 g/mol. The largest absolute Gasteiger partial charge is 0.466 e. The van der Waals surface area contributed by atoms with E-state index in [-0.39, 0.29) is 11.8 Å². The van der Waals surface area contributed by atoms with Gasteiger partial charge in [0.15, 0.2) is 0 Å². The van der Waals surface area contributed by atoms with Crippen LogP contribution in [0.2, 0.25) is 0 Å². The minimum Gasteiger partial charge on any atom is -0.466 e. The molecule has 0 aliphatic heterocycles. The van der Waals surface area contributed by atoms with E-state index in [0.29, 0.717) is 5.76 Å². The molecule has 0 radical (unpaired) electrons. The van der Waals surface area contributed by atoms with Crippen LogP contribution in [0.25, 0.3) is 0 Å². The smallest absolute Gasteiger partial charge is 0.244 e. The molecule has 1 unspecified atom stereocenters. The highest BCUT2D eigenvalue weighted by atomic mass is 16.3. The minimum atomic E-state index is -0.263. The van der Waals surface area contributed by atoms with Gasteiger partial charge in [0.25, 0.3) is 0 Å².